The summed E-state index contributed by atoms with van der Waals surface area (Å²) in [7, 11) is 10.7. The molecule has 0 saturated carbocycles. The van der Waals surface area contributed by atoms with E-state index >= 15 is 0 Å². The number of nitrogens with zero attached hydrogens (tertiary/aromatic N) is 9. The Morgan fingerprint density at radius 2 is 0.640 bits per heavy atom. The number of benzene rings is 5. The number of nitrogens with one attached hydrogen (secondary N) is 1. The van der Waals surface area contributed by atoms with Gasteiger partial charge < -0.3 is 61.0 Å². The molecule has 0 amide bonds. The molecule has 5 aromatic carbocycles. The summed E-state index contributed by atoms with van der Waals surface area (Å²) >= 11 is 0. The van der Waals surface area contributed by atoms with E-state index in [1.165, 1.54) is 25.2 Å². The summed E-state index contributed by atoms with van der Waals surface area (Å²) in [6.45, 7) is 20.6. The van der Waals surface area contributed by atoms with Crippen molar-refractivity contribution in [2.75, 3.05) is 186 Å². The van der Waals surface area contributed by atoms with E-state index in [0.29, 0.717) is 17.4 Å². The SMILES string of the molecule is CN1CCN(c2ccccc2/C=C(C=O)/C(C=O)=C/c2ccccc2N2CCN(C)CC2)CC1.CN1CCN(c2ccccc2C=O)CC1.CN1CCN(c2ccccc2C=O)CC1.CN1CCNCC1.O=CO[O-].O=Cc1ccccc1F.[H-].[K+].[K+]. The largest absolute Gasteiger partial charge is 1.00 e. The van der Waals surface area contributed by atoms with E-state index in [-0.39, 0.29) is 116 Å². The van der Waals surface area contributed by atoms with Crippen molar-refractivity contribution in [3.05, 3.63) is 166 Å². The topological polar surface area (TPSA) is 176 Å². The van der Waals surface area contributed by atoms with Crippen LogP contribution in [0.25, 0.3) is 12.2 Å². The zero-order valence-electron chi connectivity index (χ0n) is 52.5. The van der Waals surface area contributed by atoms with E-state index < -0.39 is 5.82 Å². The van der Waals surface area contributed by atoms with Gasteiger partial charge in [0.15, 0.2) is 31.4 Å². The summed E-state index contributed by atoms with van der Waals surface area (Å²) in [5.41, 5.74) is 8.72. The number of likely N-dealkylation sites (N-methyl/N-ethyl adjacent to an activating group) is 5. The number of halogens is 1. The molecule has 21 heteroatoms. The maximum Gasteiger partial charge on any atom is 1.00 e. The molecule has 5 aromatic rings. The monoisotopic (exact) mass is 1230 g/mol. The van der Waals surface area contributed by atoms with Crippen molar-refractivity contribution < 1.29 is 147 Å². The van der Waals surface area contributed by atoms with Gasteiger partial charge >= 0.3 is 103 Å². The van der Waals surface area contributed by atoms with Crippen LogP contribution in [0.2, 0.25) is 0 Å². The molecule has 5 aliphatic heterocycles. The third-order valence-corrected chi connectivity index (χ3v) is 15.0. The first-order valence-electron chi connectivity index (χ1n) is 28.5. The Hall–Kier alpha value is -4.48. The molecule has 5 saturated heterocycles. The fraction of sp³-hybridized carbons (Fsp3) is 0.385. The number of carbonyl (C=O) groups excluding carboxylic acids is 6. The van der Waals surface area contributed by atoms with E-state index in [1.54, 1.807) is 12.1 Å². The third kappa shape index (κ3) is 25.9. The van der Waals surface area contributed by atoms with Crippen LogP contribution in [0.5, 0.6) is 0 Å². The van der Waals surface area contributed by atoms with Gasteiger partial charge in [0, 0.05) is 176 Å². The Balaban J connectivity index is 0.000000405. The van der Waals surface area contributed by atoms with Crippen molar-refractivity contribution in [1.82, 2.24) is 29.8 Å². The molecule has 1 N–H and O–H groups in total. The number of para-hydroxylation sites is 4. The van der Waals surface area contributed by atoms with Gasteiger partial charge in [0.25, 0.3) is 6.47 Å². The zero-order valence-corrected chi connectivity index (χ0v) is 57.7. The van der Waals surface area contributed by atoms with Gasteiger partial charge in [-0.05, 0) is 107 Å². The van der Waals surface area contributed by atoms with Crippen LogP contribution in [0.15, 0.2) is 132 Å². The second-order valence-corrected chi connectivity index (χ2v) is 21.0. The summed E-state index contributed by atoms with van der Waals surface area (Å²) in [6.07, 6.45) is 7.65. The average molecular weight is 1230 g/mol. The molecular weight excluding hydrogens is 1150 g/mol. The number of carbonyl (C=O) groups is 6. The first-order chi connectivity index (χ1) is 40.9. The van der Waals surface area contributed by atoms with Crippen LogP contribution in [-0.2, 0) is 19.3 Å². The Bertz CT molecular complexity index is 2720. The quantitative estimate of drug-likeness (QED) is 0.0390. The van der Waals surface area contributed by atoms with E-state index in [4.69, 9.17) is 10.1 Å². The zero-order chi connectivity index (χ0) is 60.5. The van der Waals surface area contributed by atoms with Crippen LogP contribution in [0.3, 0.4) is 0 Å². The van der Waals surface area contributed by atoms with Crippen LogP contribution >= 0.6 is 0 Å². The summed E-state index contributed by atoms with van der Waals surface area (Å²) in [5, 5.41) is 11.7. The number of anilines is 4. The number of aldehydes is 5. The molecule has 86 heavy (non-hydrogen) atoms. The first kappa shape index (κ1) is 75.8. The predicted molar refractivity (Wildman–Crippen MR) is 334 cm³/mol. The maximum atomic E-state index is 12.4. The van der Waals surface area contributed by atoms with Gasteiger partial charge in [0.05, 0.1) is 5.56 Å². The molecule has 10 rings (SSSR count). The van der Waals surface area contributed by atoms with Crippen molar-refractivity contribution in [3.63, 3.8) is 0 Å². The normalized spacial score (nSPS) is 16.9. The number of hydrogen-bond donors (Lipinski definition) is 1. The molecule has 0 aliphatic carbocycles. The number of hydrogen-bond acceptors (Lipinski definition) is 18. The molecule has 5 aliphatic rings. The third-order valence-electron chi connectivity index (χ3n) is 15.0. The van der Waals surface area contributed by atoms with Crippen molar-refractivity contribution in [2.24, 2.45) is 0 Å². The number of allylic oxidation sites excluding steroid dienone is 2. The van der Waals surface area contributed by atoms with Crippen LogP contribution in [-0.4, -0.2) is 229 Å². The summed E-state index contributed by atoms with van der Waals surface area (Å²) in [5.74, 6) is -0.465. The van der Waals surface area contributed by atoms with Crippen molar-refractivity contribution in [2.45, 2.75) is 0 Å². The molecular formula is C65H85FK2N10O8. The Kier molecular flexibility index (Phi) is 38.1. The van der Waals surface area contributed by atoms with Gasteiger partial charge in [0.1, 0.15) is 5.82 Å². The second-order valence-electron chi connectivity index (χ2n) is 21.0. The molecule has 0 spiro atoms. The van der Waals surface area contributed by atoms with E-state index in [2.05, 4.69) is 102 Å². The van der Waals surface area contributed by atoms with Gasteiger partial charge in [-0.1, -0.05) is 72.8 Å². The van der Waals surface area contributed by atoms with Crippen LogP contribution in [0.4, 0.5) is 27.1 Å². The van der Waals surface area contributed by atoms with E-state index in [1.807, 2.05) is 97.1 Å². The summed E-state index contributed by atoms with van der Waals surface area (Å²) < 4.78 is 12.4. The van der Waals surface area contributed by atoms with Gasteiger partial charge in [0.2, 0.25) is 0 Å². The number of piperazine rings is 5. The fourth-order valence-corrected chi connectivity index (χ4v) is 9.79. The first-order valence-corrected chi connectivity index (χ1v) is 28.5. The van der Waals surface area contributed by atoms with Gasteiger partial charge in [-0.25, -0.2) is 4.39 Å². The minimum absolute atomic E-state index is 0. The molecule has 0 aromatic heterocycles. The molecule has 18 nitrogen and oxygen atoms in total. The standard InChI is InChI=1S/C28H34N4O2.2C12H16N2O.C7H5FO.C5H12N2.CH2O3.2K.H/c1-29-11-15-31(16-12-29)27-9-5-3-7-23(27)19-25(21-33)26(22-34)20-24-8-4-6-10-28(24)32-17-13-30(2)14-18-32;2*1-13-6-8-14(9-7-13)12-5-3-2-4-11(12)10-15;8-7-4-2-1-3-6(7)5-9;1-7-4-2-6-3-5-7;2-1-4-3;;;/h3-10,19-22H,11-18H2,1-2H3;2*2-5,10H,6-9H2,1H3;1-5H;6H,2-5H2,1H3;1,3H;;;/q;;;;;;2*+1;-1/p-1/b25-19+,26-20+;;;;;;;;. The van der Waals surface area contributed by atoms with Gasteiger partial charge in [-0.3, -0.25) is 28.8 Å². The Morgan fingerprint density at radius 3 is 0.872 bits per heavy atom. The maximum absolute atomic E-state index is 12.4. The minimum Gasteiger partial charge on any atom is -1.00 e. The molecule has 0 radical (unpaired) electrons. The Labute approximate surface area is 595 Å². The van der Waals surface area contributed by atoms with Crippen LogP contribution in [0, 0.1) is 5.82 Å². The average Bonchev–Trinajstić information content (AvgIpc) is 2.65. The van der Waals surface area contributed by atoms with Gasteiger partial charge in [-0.15, -0.1) is 0 Å². The molecule has 5 heterocycles. The minimum atomic E-state index is -0.465. The Morgan fingerprint density at radius 1 is 0.395 bits per heavy atom. The fourth-order valence-electron chi connectivity index (χ4n) is 9.79. The smallest absolute Gasteiger partial charge is 1.00 e. The van der Waals surface area contributed by atoms with Gasteiger partial charge in [-0.2, -0.15) is 0 Å². The van der Waals surface area contributed by atoms with Crippen molar-refractivity contribution in [3.8, 4) is 0 Å². The van der Waals surface area contributed by atoms with Crippen LogP contribution in [0.1, 0.15) is 43.6 Å². The molecule has 0 unspecified atom stereocenters. The molecule has 452 valence electrons. The van der Waals surface area contributed by atoms with E-state index in [0.717, 1.165) is 188 Å². The molecule has 0 atom stereocenters. The molecule has 0 bridgehead atoms. The van der Waals surface area contributed by atoms with E-state index in [9.17, 15) is 28.4 Å². The van der Waals surface area contributed by atoms with Crippen LogP contribution < -0.4 is 133 Å². The van der Waals surface area contributed by atoms with Crippen molar-refractivity contribution in [1.29, 1.82) is 0 Å². The summed E-state index contributed by atoms with van der Waals surface area (Å²) in [4.78, 5) is 88.2. The van der Waals surface area contributed by atoms with Crippen molar-refractivity contribution >= 4 is 72.8 Å². The molecule has 5 fully saturated rings. The summed E-state index contributed by atoms with van der Waals surface area (Å²) in [6, 6.07) is 37.6. The second kappa shape index (κ2) is 43.2. The predicted octanol–water partition coefficient (Wildman–Crippen LogP) is -0.728. The number of rotatable bonds is 13.